The van der Waals surface area contributed by atoms with Crippen LogP contribution in [0.15, 0.2) is 77.3 Å². The monoisotopic (exact) mass is 363 g/mol. The van der Waals surface area contributed by atoms with E-state index in [-0.39, 0.29) is 12.2 Å². The molecule has 0 radical (unpaired) electrons. The highest BCUT2D eigenvalue weighted by Crippen LogP contribution is 2.31. The number of ether oxygens (including phenoxy) is 2. The Hall–Kier alpha value is -3.34. The van der Waals surface area contributed by atoms with E-state index in [0.717, 1.165) is 11.1 Å². The van der Waals surface area contributed by atoms with Gasteiger partial charge in [0.2, 0.25) is 0 Å². The molecule has 1 atom stereocenters. The molecule has 0 aliphatic rings. The molecular formula is C22H21NO4. The molecule has 3 aromatic rings. The van der Waals surface area contributed by atoms with Gasteiger partial charge in [-0.05, 0) is 26.0 Å². The Morgan fingerprint density at radius 1 is 1.15 bits per heavy atom. The van der Waals surface area contributed by atoms with Gasteiger partial charge >= 0.3 is 5.97 Å². The summed E-state index contributed by atoms with van der Waals surface area (Å²) in [7, 11) is 0. The van der Waals surface area contributed by atoms with Crippen molar-refractivity contribution in [3.05, 3.63) is 84.1 Å². The zero-order valence-electron chi connectivity index (χ0n) is 15.3. The van der Waals surface area contributed by atoms with Gasteiger partial charge in [-0.15, -0.1) is 0 Å². The molecule has 0 bridgehead atoms. The van der Waals surface area contributed by atoms with Crippen LogP contribution in [0, 0.1) is 6.92 Å². The van der Waals surface area contributed by atoms with E-state index >= 15 is 0 Å². The van der Waals surface area contributed by atoms with Crippen molar-refractivity contribution in [1.82, 2.24) is 5.16 Å². The van der Waals surface area contributed by atoms with Gasteiger partial charge in [0.05, 0.1) is 12.2 Å². The van der Waals surface area contributed by atoms with Gasteiger partial charge in [0.15, 0.2) is 11.9 Å². The van der Waals surface area contributed by atoms with Gasteiger partial charge in [0.1, 0.15) is 11.4 Å². The molecule has 27 heavy (non-hydrogen) atoms. The Labute approximate surface area is 158 Å². The highest BCUT2D eigenvalue weighted by atomic mass is 16.5. The first kappa shape index (κ1) is 18.5. The summed E-state index contributed by atoms with van der Waals surface area (Å²) in [6.45, 7) is 7.86. The molecule has 1 heterocycles. The number of aromatic nitrogens is 1. The second kappa shape index (κ2) is 8.36. The maximum absolute atomic E-state index is 12.2. The van der Waals surface area contributed by atoms with Crippen LogP contribution >= 0.6 is 0 Å². The highest BCUT2D eigenvalue weighted by Gasteiger charge is 2.28. The molecule has 1 unspecified atom stereocenters. The lowest BCUT2D eigenvalue weighted by molar-refractivity contribution is -0.139. The van der Waals surface area contributed by atoms with Gasteiger partial charge < -0.3 is 14.0 Å². The summed E-state index contributed by atoms with van der Waals surface area (Å²) in [5.74, 6) is 0.431. The number of nitrogens with zero attached hydrogens (tertiary/aromatic N) is 1. The molecule has 2 aromatic carbocycles. The van der Waals surface area contributed by atoms with E-state index in [1.165, 1.54) is 0 Å². The molecule has 0 fully saturated rings. The number of esters is 1. The second-order valence-corrected chi connectivity index (χ2v) is 6.04. The summed E-state index contributed by atoms with van der Waals surface area (Å²) in [4.78, 5) is 12.2. The average molecular weight is 363 g/mol. The van der Waals surface area contributed by atoms with Crippen LogP contribution < -0.4 is 4.74 Å². The fraction of sp³-hybridized carbons (Fsp3) is 0.182. The van der Waals surface area contributed by atoms with Crippen molar-refractivity contribution < 1.29 is 18.8 Å². The SMILES string of the molecule is C=C(C(=O)OCC)C(Oc1ccccc1)c1cc(-c2ccc(C)cc2)no1. The van der Waals surface area contributed by atoms with Crippen molar-refractivity contribution in [3.8, 4) is 17.0 Å². The number of rotatable bonds is 7. The summed E-state index contributed by atoms with van der Waals surface area (Å²) in [6, 6.07) is 18.8. The number of para-hydroxylation sites is 1. The number of carbonyl (C=O) groups is 1. The van der Waals surface area contributed by atoms with Gasteiger partial charge in [0.25, 0.3) is 0 Å². The summed E-state index contributed by atoms with van der Waals surface area (Å²) < 4.78 is 16.5. The fourth-order valence-corrected chi connectivity index (χ4v) is 2.54. The predicted octanol–water partition coefficient (Wildman–Crippen LogP) is 4.89. The topological polar surface area (TPSA) is 61.6 Å². The van der Waals surface area contributed by atoms with Crippen LogP contribution in [0.2, 0.25) is 0 Å². The van der Waals surface area contributed by atoms with Crippen LogP contribution in [-0.2, 0) is 9.53 Å². The zero-order valence-corrected chi connectivity index (χ0v) is 15.3. The van der Waals surface area contributed by atoms with Gasteiger partial charge in [-0.1, -0.05) is 59.8 Å². The minimum absolute atomic E-state index is 0.146. The van der Waals surface area contributed by atoms with E-state index in [9.17, 15) is 4.79 Å². The summed E-state index contributed by atoms with van der Waals surface area (Å²) in [5, 5.41) is 4.12. The quantitative estimate of drug-likeness (QED) is 0.442. The van der Waals surface area contributed by atoms with Crippen LogP contribution in [0.5, 0.6) is 5.75 Å². The van der Waals surface area contributed by atoms with E-state index in [0.29, 0.717) is 17.2 Å². The summed E-state index contributed by atoms with van der Waals surface area (Å²) in [5.41, 5.74) is 2.87. The van der Waals surface area contributed by atoms with E-state index in [4.69, 9.17) is 14.0 Å². The lowest BCUT2D eigenvalue weighted by Gasteiger charge is -2.17. The highest BCUT2D eigenvalue weighted by molar-refractivity contribution is 5.89. The molecule has 5 heteroatoms. The van der Waals surface area contributed by atoms with Crippen molar-refractivity contribution >= 4 is 5.97 Å². The maximum Gasteiger partial charge on any atom is 0.337 e. The molecule has 0 amide bonds. The molecule has 0 aliphatic carbocycles. The van der Waals surface area contributed by atoms with Crippen molar-refractivity contribution in [2.45, 2.75) is 20.0 Å². The van der Waals surface area contributed by atoms with E-state index < -0.39 is 12.1 Å². The molecule has 0 spiro atoms. The summed E-state index contributed by atoms with van der Waals surface area (Å²) in [6.07, 6.45) is -0.835. The van der Waals surface area contributed by atoms with Crippen LogP contribution in [0.4, 0.5) is 0 Å². The normalized spacial score (nSPS) is 11.6. The molecule has 0 saturated heterocycles. The number of carbonyl (C=O) groups excluding carboxylic acids is 1. The lowest BCUT2D eigenvalue weighted by atomic mass is 10.1. The van der Waals surface area contributed by atoms with E-state index in [2.05, 4.69) is 11.7 Å². The maximum atomic E-state index is 12.2. The first-order chi connectivity index (χ1) is 13.1. The minimum atomic E-state index is -0.835. The van der Waals surface area contributed by atoms with Crippen molar-refractivity contribution in [2.75, 3.05) is 6.61 Å². The third-order valence-electron chi connectivity index (χ3n) is 3.99. The third-order valence-corrected chi connectivity index (χ3v) is 3.99. The van der Waals surface area contributed by atoms with Gasteiger partial charge in [-0.25, -0.2) is 4.79 Å². The predicted molar refractivity (Wildman–Crippen MR) is 102 cm³/mol. The Balaban J connectivity index is 1.91. The first-order valence-electron chi connectivity index (χ1n) is 8.69. The molecule has 3 rings (SSSR count). The Morgan fingerprint density at radius 2 is 1.85 bits per heavy atom. The average Bonchev–Trinajstić information content (AvgIpc) is 3.17. The van der Waals surface area contributed by atoms with Crippen LogP contribution in [0.1, 0.15) is 24.4 Å². The lowest BCUT2D eigenvalue weighted by Crippen LogP contribution is -2.18. The molecule has 0 saturated carbocycles. The Bertz CT molecular complexity index is 913. The molecule has 0 aliphatic heterocycles. The standard InChI is InChI=1S/C22H21NO4/c1-4-25-22(24)16(3)21(26-18-8-6-5-7-9-18)20-14-19(23-27-20)17-12-10-15(2)11-13-17/h5-14,21H,3-4H2,1-2H3. The molecular weight excluding hydrogens is 342 g/mol. The van der Waals surface area contributed by atoms with Crippen molar-refractivity contribution in [2.24, 2.45) is 0 Å². The van der Waals surface area contributed by atoms with Gasteiger partial charge in [-0.2, -0.15) is 0 Å². The molecule has 0 N–H and O–H groups in total. The molecule has 5 nitrogen and oxygen atoms in total. The van der Waals surface area contributed by atoms with Crippen LogP contribution in [0.3, 0.4) is 0 Å². The Kier molecular flexibility index (Phi) is 5.71. The second-order valence-electron chi connectivity index (χ2n) is 6.04. The zero-order chi connectivity index (χ0) is 19.2. The Morgan fingerprint density at radius 3 is 2.52 bits per heavy atom. The minimum Gasteiger partial charge on any atom is -0.477 e. The van der Waals surface area contributed by atoms with E-state index in [1.807, 2.05) is 49.4 Å². The summed E-state index contributed by atoms with van der Waals surface area (Å²) >= 11 is 0. The third kappa shape index (κ3) is 4.44. The number of aryl methyl sites for hydroxylation is 1. The molecule has 1 aromatic heterocycles. The van der Waals surface area contributed by atoms with Gasteiger partial charge in [0, 0.05) is 11.6 Å². The van der Waals surface area contributed by atoms with Crippen molar-refractivity contribution in [1.29, 1.82) is 0 Å². The van der Waals surface area contributed by atoms with Gasteiger partial charge in [-0.3, -0.25) is 0 Å². The smallest absolute Gasteiger partial charge is 0.337 e. The van der Waals surface area contributed by atoms with E-state index in [1.54, 1.807) is 25.1 Å². The number of hydrogen-bond acceptors (Lipinski definition) is 5. The first-order valence-corrected chi connectivity index (χ1v) is 8.69. The number of hydrogen-bond donors (Lipinski definition) is 0. The number of benzene rings is 2. The largest absolute Gasteiger partial charge is 0.477 e. The van der Waals surface area contributed by atoms with Crippen LogP contribution in [0.25, 0.3) is 11.3 Å². The van der Waals surface area contributed by atoms with Crippen molar-refractivity contribution in [3.63, 3.8) is 0 Å². The fourth-order valence-electron chi connectivity index (χ4n) is 2.54. The molecule has 138 valence electrons. The van der Waals surface area contributed by atoms with Crippen LogP contribution in [-0.4, -0.2) is 17.7 Å².